The molecular weight excluding hydrogens is 367 g/mol. The fourth-order valence-corrected chi connectivity index (χ4v) is 3.21. The Morgan fingerprint density at radius 1 is 1.09 bits per heavy atom. The SMILES string of the molecule is Fc1cc(Br)ccc1CSCc1nnnn1-c1ccccc1. The molecule has 3 aromatic rings. The predicted molar refractivity (Wildman–Crippen MR) is 88.3 cm³/mol. The first kappa shape index (κ1) is 15.2. The van der Waals surface area contributed by atoms with E-state index in [1.807, 2.05) is 36.4 Å². The highest BCUT2D eigenvalue weighted by molar-refractivity contribution is 9.10. The Kier molecular flexibility index (Phi) is 4.84. The minimum absolute atomic E-state index is 0.204. The summed E-state index contributed by atoms with van der Waals surface area (Å²) in [5.41, 5.74) is 1.59. The van der Waals surface area contributed by atoms with Gasteiger partial charge in [0.15, 0.2) is 5.82 Å². The van der Waals surface area contributed by atoms with E-state index in [2.05, 4.69) is 31.5 Å². The zero-order valence-corrected chi connectivity index (χ0v) is 13.9. The van der Waals surface area contributed by atoms with Gasteiger partial charge in [-0.25, -0.2) is 4.39 Å². The lowest BCUT2D eigenvalue weighted by molar-refractivity contribution is 0.616. The molecule has 0 atom stereocenters. The van der Waals surface area contributed by atoms with E-state index in [1.54, 1.807) is 22.5 Å². The number of hydrogen-bond donors (Lipinski definition) is 0. The number of para-hydroxylation sites is 1. The third kappa shape index (κ3) is 3.53. The van der Waals surface area contributed by atoms with Crippen molar-refractivity contribution in [3.05, 3.63) is 70.2 Å². The second-order valence-corrected chi connectivity index (χ2v) is 6.47. The lowest BCUT2D eigenvalue weighted by Gasteiger charge is -2.05. The predicted octanol–water partition coefficient (Wildman–Crippen LogP) is 4.00. The second-order valence-electron chi connectivity index (χ2n) is 4.57. The monoisotopic (exact) mass is 378 g/mol. The molecule has 0 bridgehead atoms. The van der Waals surface area contributed by atoms with E-state index in [1.165, 1.54) is 6.07 Å². The minimum Gasteiger partial charge on any atom is -0.207 e. The van der Waals surface area contributed by atoms with Crippen molar-refractivity contribution in [2.45, 2.75) is 11.5 Å². The topological polar surface area (TPSA) is 43.6 Å². The van der Waals surface area contributed by atoms with Gasteiger partial charge < -0.3 is 0 Å². The van der Waals surface area contributed by atoms with E-state index in [0.29, 0.717) is 17.1 Å². The quantitative estimate of drug-likeness (QED) is 0.672. The molecule has 22 heavy (non-hydrogen) atoms. The van der Waals surface area contributed by atoms with Gasteiger partial charge in [-0.2, -0.15) is 4.68 Å². The van der Waals surface area contributed by atoms with E-state index in [-0.39, 0.29) is 5.82 Å². The first-order valence-electron chi connectivity index (χ1n) is 6.58. The molecule has 0 aliphatic rings. The lowest BCUT2D eigenvalue weighted by atomic mass is 10.2. The molecule has 0 spiro atoms. The van der Waals surface area contributed by atoms with Crippen LogP contribution >= 0.6 is 27.7 Å². The van der Waals surface area contributed by atoms with Crippen molar-refractivity contribution in [3.8, 4) is 5.69 Å². The first-order chi connectivity index (χ1) is 10.7. The normalized spacial score (nSPS) is 10.8. The zero-order chi connectivity index (χ0) is 15.4. The van der Waals surface area contributed by atoms with Crippen molar-refractivity contribution >= 4 is 27.7 Å². The van der Waals surface area contributed by atoms with Crippen LogP contribution in [0.5, 0.6) is 0 Å². The summed E-state index contributed by atoms with van der Waals surface area (Å²) in [5, 5.41) is 11.8. The number of thioether (sulfide) groups is 1. The highest BCUT2D eigenvalue weighted by atomic mass is 79.9. The van der Waals surface area contributed by atoms with Gasteiger partial charge >= 0.3 is 0 Å². The van der Waals surface area contributed by atoms with Crippen LogP contribution in [-0.4, -0.2) is 20.2 Å². The number of rotatable bonds is 5. The number of tetrazole rings is 1. The molecule has 2 aromatic carbocycles. The van der Waals surface area contributed by atoms with Gasteiger partial charge in [-0.05, 0) is 40.3 Å². The molecule has 4 nitrogen and oxygen atoms in total. The van der Waals surface area contributed by atoms with Crippen LogP contribution in [0.1, 0.15) is 11.4 Å². The molecule has 7 heteroatoms. The smallest absolute Gasteiger partial charge is 0.166 e. The van der Waals surface area contributed by atoms with Gasteiger partial charge in [0, 0.05) is 10.2 Å². The third-order valence-corrected chi connectivity index (χ3v) is 4.51. The molecule has 0 radical (unpaired) electrons. The van der Waals surface area contributed by atoms with Crippen molar-refractivity contribution in [1.82, 2.24) is 20.2 Å². The summed E-state index contributed by atoms with van der Waals surface area (Å²) in [4.78, 5) is 0. The Bertz CT molecular complexity index is 763. The summed E-state index contributed by atoms with van der Waals surface area (Å²) in [6.45, 7) is 0. The van der Waals surface area contributed by atoms with E-state index in [0.717, 1.165) is 16.0 Å². The van der Waals surface area contributed by atoms with Gasteiger partial charge in [0.2, 0.25) is 0 Å². The van der Waals surface area contributed by atoms with Crippen LogP contribution in [-0.2, 0) is 11.5 Å². The van der Waals surface area contributed by atoms with Crippen LogP contribution in [0.2, 0.25) is 0 Å². The molecule has 0 aliphatic carbocycles. The van der Waals surface area contributed by atoms with Crippen molar-refractivity contribution in [3.63, 3.8) is 0 Å². The number of nitrogens with zero attached hydrogens (tertiary/aromatic N) is 4. The van der Waals surface area contributed by atoms with Gasteiger partial charge in [0.05, 0.1) is 11.4 Å². The fourth-order valence-electron chi connectivity index (χ4n) is 1.96. The van der Waals surface area contributed by atoms with Gasteiger partial charge in [-0.15, -0.1) is 16.9 Å². The van der Waals surface area contributed by atoms with E-state index in [9.17, 15) is 4.39 Å². The summed E-state index contributed by atoms with van der Waals surface area (Å²) in [6.07, 6.45) is 0. The maximum Gasteiger partial charge on any atom is 0.166 e. The van der Waals surface area contributed by atoms with Crippen LogP contribution in [0, 0.1) is 5.82 Å². The Balaban J connectivity index is 1.67. The zero-order valence-electron chi connectivity index (χ0n) is 11.5. The standard InChI is InChI=1S/C15H12BrFN4S/c16-12-7-6-11(14(17)8-12)9-22-10-15-18-19-20-21(15)13-4-2-1-3-5-13/h1-8H,9-10H2. The maximum atomic E-state index is 13.8. The average Bonchev–Trinajstić information content (AvgIpc) is 2.99. The largest absolute Gasteiger partial charge is 0.207 e. The minimum atomic E-state index is -0.204. The Labute approximate surface area is 139 Å². The molecular formula is C15H12BrFN4S. The first-order valence-corrected chi connectivity index (χ1v) is 8.53. The van der Waals surface area contributed by atoms with E-state index in [4.69, 9.17) is 0 Å². The molecule has 0 saturated heterocycles. The van der Waals surface area contributed by atoms with Gasteiger partial charge in [-0.3, -0.25) is 0 Å². The van der Waals surface area contributed by atoms with Crippen LogP contribution in [0.3, 0.4) is 0 Å². The Hall–Kier alpha value is -1.73. The summed E-state index contributed by atoms with van der Waals surface area (Å²) in [6, 6.07) is 14.8. The van der Waals surface area contributed by atoms with Crippen LogP contribution in [0.4, 0.5) is 4.39 Å². The fraction of sp³-hybridized carbons (Fsp3) is 0.133. The van der Waals surface area contributed by atoms with Crippen molar-refractivity contribution in [1.29, 1.82) is 0 Å². The summed E-state index contributed by atoms with van der Waals surface area (Å²) in [7, 11) is 0. The van der Waals surface area contributed by atoms with Gasteiger partial charge in [-0.1, -0.05) is 40.2 Å². The van der Waals surface area contributed by atoms with Gasteiger partial charge in [0.1, 0.15) is 5.82 Å². The maximum absolute atomic E-state index is 13.8. The molecule has 0 saturated carbocycles. The molecule has 1 aromatic heterocycles. The second kappa shape index (κ2) is 7.02. The average molecular weight is 379 g/mol. The molecule has 0 fully saturated rings. The molecule has 0 aliphatic heterocycles. The number of hydrogen-bond acceptors (Lipinski definition) is 4. The summed E-state index contributed by atoms with van der Waals surface area (Å²) >= 11 is 4.83. The van der Waals surface area contributed by atoms with Crippen LogP contribution in [0.15, 0.2) is 53.0 Å². The van der Waals surface area contributed by atoms with E-state index >= 15 is 0 Å². The number of halogens is 2. The highest BCUT2D eigenvalue weighted by Gasteiger charge is 2.09. The molecule has 1 heterocycles. The summed E-state index contributed by atoms with van der Waals surface area (Å²) < 4.78 is 16.2. The van der Waals surface area contributed by atoms with Crippen molar-refractivity contribution in [2.24, 2.45) is 0 Å². The Morgan fingerprint density at radius 2 is 1.91 bits per heavy atom. The van der Waals surface area contributed by atoms with Gasteiger partial charge in [0.25, 0.3) is 0 Å². The van der Waals surface area contributed by atoms with Crippen molar-refractivity contribution in [2.75, 3.05) is 0 Å². The molecule has 0 unspecified atom stereocenters. The number of benzene rings is 2. The highest BCUT2D eigenvalue weighted by Crippen LogP contribution is 2.22. The molecule has 0 N–H and O–H groups in total. The van der Waals surface area contributed by atoms with Crippen LogP contribution in [0.25, 0.3) is 5.69 Å². The Morgan fingerprint density at radius 3 is 2.68 bits per heavy atom. The molecule has 3 rings (SSSR count). The van der Waals surface area contributed by atoms with E-state index < -0.39 is 0 Å². The van der Waals surface area contributed by atoms with Crippen molar-refractivity contribution < 1.29 is 4.39 Å². The molecule has 112 valence electrons. The summed E-state index contributed by atoms with van der Waals surface area (Å²) in [5.74, 6) is 1.72. The molecule has 0 amide bonds. The lowest BCUT2D eigenvalue weighted by Crippen LogP contribution is -2.02. The number of aromatic nitrogens is 4. The van der Waals surface area contributed by atoms with Crippen LogP contribution < -0.4 is 0 Å². The third-order valence-electron chi connectivity index (χ3n) is 3.04.